The number of carbonyl (C=O) groups excluding carboxylic acids is 1. The Morgan fingerprint density at radius 2 is 1.91 bits per heavy atom. The van der Waals surface area contributed by atoms with Gasteiger partial charge in [-0.25, -0.2) is 9.97 Å². The summed E-state index contributed by atoms with van der Waals surface area (Å²) in [7, 11) is 0. The lowest BCUT2D eigenvalue weighted by molar-refractivity contribution is -0.138. The number of piperidine rings is 1. The monoisotopic (exact) mass is 477 g/mol. The molecule has 11 heteroatoms. The number of phenolic OH excluding ortho intramolecular Hbond substituents is 1. The summed E-state index contributed by atoms with van der Waals surface area (Å²) < 4.78 is 40.9. The largest absolute Gasteiger partial charge is 0.507 e. The van der Waals surface area contributed by atoms with Gasteiger partial charge in [0.05, 0.1) is 35.3 Å². The predicted octanol–water partition coefficient (Wildman–Crippen LogP) is 4.15. The third kappa shape index (κ3) is 4.20. The minimum atomic E-state index is -4.59. The van der Waals surface area contributed by atoms with Gasteiger partial charge < -0.3 is 15.1 Å². The Bertz CT molecular complexity index is 1230. The van der Waals surface area contributed by atoms with Gasteiger partial charge in [-0.05, 0) is 51.8 Å². The molecule has 3 aromatic rings. The number of amides is 1. The smallest absolute Gasteiger partial charge is 0.416 e. The molecule has 1 aliphatic heterocycles. The molecule has 34 heavy (non-hydrogen) atoms. The molecule has 1 amide bonds. The Kier molecular flexibility index (Phi) is 6.01. The average Bonchev–Trinajstić information content (AvgIpc) is 3.11. The van der Waals surface area contributed by atoms with Crippen LogP contribution < -0.4 is 0 Å². The summed E-state index contributed by atoms with van der Waals surface area (Å²) in [4.78, 5) is 22.9. The number of likely N-dealkylation sites (tertiary alicyclic amines) is 1. The maximum absolute atomic E-state index is 13.1. The summed E-state index contributed by atoms with van der Waals surface area (Å²) in [5.41, 5.74) is 0.531. The van der Waals surface area contributed by atoms with Crippen LogP contribution >= 0.6 is 0 Å². The van der Waals surface area contributed by atoms with Gasteiger partial charge in [0.1, 0.15) is 11.3 Å². The first kappa shape index (κ1) is 23.9. The second kappa shape index (κ2) is 8.53. The molecule has 8 nitrogen and oxygen atoms in total. The molecule has 1 aromatic carbocycles. The van der Waals surface area contributed by atoms with Crippen molar-refractivity contribution in [3.8, 4) is 17.0 Å². The van der Waals surface area contributed by atoms with E-state index >= 15 is 0 Å². The van der Waals surface area contributed by atoms with Gasteiger partial charge in [0, 0.05) is 24.6 Å². The number of phenols is 1. The van der Waals surface area contributed by atoms with Crippen molar-refractivity contribution < 1.29 is 28.2 Å². The molecule has 2 atom stereocenters. The number of aliphatic hydroxyl groups excluding tert-OH is 1. The zero-order chi connectivity index (χ0) is 24.9. The van der Waals surface area contributed by atoms with E-state index in [-0.39, 0.29) is 40.5 Å². The van der Waals surface area contributed by atoms with Crippen molar-refractivity contribution in [1.29, 1.82) is 0 Å². The third-order valence-corrected chi connectivity index (χ3v) is 6.13. The highest BCUT2D eigenvalue weighted by molar-refractivity contribution is 5.80. The molecule has 1 saturated heterocycles. The second-order valence-corrected chi connectivity index (χ2v) is 8.95. The van der Waals surface area contributed by atoms with Crippen LogP contribution in [-0.4, -0.2) is 53.4 Å². The number of benzene rings is 1. The second-order valence-electron chi connectivity index (χ2n) is 8.95. The molecular weight excluding hydrogens is 451 g/mol. The fourth-order valence-corrected chi connectivity index (χ4v) is 4.50. The van der Waals surface area contributed by atoms with Crippen molar-refractivity contribution in [1.82, 2.24) is 24.6 Å². The highest BCUT2D eigenvalue weighted by Crippen LogP contribution is 2.39. The quantitative estimate of drug-likeness (QED) is 0.585. The number of halogens is 3. The lowest BCUT2D eigenvalue weighted by atomic mass is 10.0. The zero-order valence-electron chi connectivity index (χ0n) is 19.3. The number of aryl methyl sites for hydroxylation is 1. The fourth-order valence-electron chi connectivity index (χ4n) is 4.50. The number of rotatable bonds is 4. The van der Waals surface area contributed by atoms with Crippen molar-refractivity contribution in [2.75, 3.05) is 6.54 Å². The van der Waals surface area contributed by atoms with Crippen LogP contribution in [0.2, 0.25) is 0 Å². The topological polar surface area (TPSA) is 104 Å². The lowest BCUT2D eigenvalue weighted by Gasteiger charge is -2.36. The third-order valence-electron chi connectivity index (χ3n) is 6.13. The van der Waals surface area contributed by atoms with E-state index in [1.807, 2.05) is 13.8 Å². The Balaban J connectivity index is 1.80. The Hall–Kier alpha value is -3.21. The molecule has 182 valence electrons. The minimum absolute atomic E-state index is 0.0174. The zero-order valence-corrected chi connectivity index (χ0v) is 19.3. The summed E-state index contributed by atoms with van der Waals surface area (Å²) in [5, 5.41) is 25.4. The van der Waals surface area contributed by atoms with Crippen LogP contribution in [0.25, 0.3) is 22.4 Å². The maximum Gasteiger partial charge on any atom is 0.416 e. The van der Waals surface area contributed by atoms with E-state index in [1.54, 1.807) is 16.5 Å². The number of alkyl halides is 3. The van der Waals surface area contributed by atoms with Crippen LogP contribution in [0, 0.1) is 6.92 Å². The molecule has 0 aliphatic carbocycles. The van der Waals surface area contributed by atoms with Crippen LogP contribution in [0.1, 0.15) is 62.6 Å². The normalized spacial score (nSPS) is 18.2. The Morgan fingerprint density at radius 3 is 2.50 bits per heavy atom. The average molecular weight is 477 g/mol. The van der Waals surface area contributed by atoms with Gasteiger partial charge in [0.15, 0.2) is 0 Å². The first-order valence-corrected chi connectivity index (χ1v) is 11.0. The van der Waals surface area contributed by atoms with Crippen LogP contribution in [0.5, 0.6) is 5.75 Å². The molecule has 4 rings (SSSR count). The number of hydrogen-bond donors (Lipinski definition) is 2. The van der Waals surface area contributed by atoms with E-state index in [9.17, 15) is 28.2 Å². The first-order valence-electron chi connectivity index (χ1n) is 11.0. The summed E-state index contributed by atoms with van der Waals surface area (Å²) in [6.45, 7) is 7.33. The number of hydrogen-bond acceptors (Lipinski definition) is 6. The van der Waals surface area contributed by atoms with Crippen LogP contribution in [0.4, 0.5) is 13.2 Å². The summed E-state index contributed by atoms with van der Waals surface area (Å²) >= 11 is 0. The lowest BCUT2D eigenvalue weighted by Crippen LogP contribution is -2.45. The van der Waals surface area contributed by atoms with Crippen molar-refractivity contribution in [3.05, 3.63) is 35.2 Å². The number of aliphatic hydroxyl groups is 1. The van der Waals surface area contributed by atoms with Crippen molar-refractivity contribution in [3.63, 3.8) is 0 Å². The molecule has 2 aromatic heterocycles. The first-order chi connectivity index (χ1) is 15.9. The van der Waals surface area contributed by atoms with Gasteiger partial charge in [0.2, 0.25) is 11.6 Å². The van der Waals surface area contributed by atoms with E-state index in [0.29, 0.717) is 36.7 Å². The molecule has 3 heterocycles. The Labute approximate surface area is 194 Å². The molecule has 1 fully saturated rings. The highest BCUT2D eigenvalue weighted by Gasteiger charge is 2.34. The van der Waals surface area contributed by atoms with E-state index in [0.717, 1.165) is 6.07 Å². The van der Waals surface area contributed by atoms with Gasteiger partial charge in [-0.15, -0.1) is 5.10 Å². The number of aromatic hydroxyl groups is 1. The fraction of sp³-hybridized carbons (Fsp3) is 0.478. The molecule has 2 unspecified atom stereocenters. The van der Waals surface area contributed by atoms with Gasteiger partial charge >= 0.3 is 6.18 Å². The molecule has 0 saturated carbocycles. The molecule has 0 bridgehead atoms. The highest BCUT2D eigenvalue weighted by atomic mass is 19.4. The summed E-state index contributed by atoms with van der Waals surface area (Å²) in [5.74, 6) is -0.497. The molecular formula is C23H26F3N5O3. The minimum Gasteiger partial charge on any atom is -0.507 e. The molecule has 0 spiro atoms. The number of carbonyl (C=O) groups is 1. The summed E-state index contributed by atoms with van der Waals surface area (Å²) in [6.07, 6.45) is -3.27. The van der Waals surface area contributed by atoms with Crippen molar-refractivity contribution in [2.24, 2.45) is 0 Å². The van der Waals surface area contributed by atoms with Gasteiger partial charge in [-0.1, -0.05) is 0 Å². The van der Waals surface area contributed by atoms with Crippen molar-refractivity contribution in [2.45, 2.75) is 64.9 Å². The standard InChI is InChI=1S/C23H26F3N5O3/c1-11(2)30-10-15(5-6-18(30)34)31-21(13(4)32)20-22(29-31)28-16(9-27-20)19-12(3)7-14(8-17(19)33)23(24,25)26/h7-9,11,13,15,32-33H,5-6,10H2,1-4H3. The van der Waals surface area contributed by atoms with E-state index in [2.05, 4.69) is 15.1 Å². The van der Waals surface area contributed by atoms with E-state index in [4.69, 9.17) is 0 Å². The van der Waals surface area contributed by atoms with E-state index < -0.39 is 23.6 Å². The molecule has 1 aliphatic rings. The van der Waals surface area contributed by atoms with Gasteiger partial charge in [-0.3, -0.25) is 9.48 Å². The SMILES string of the molecule is Cc1cc(C(F)(F)F)cc(O)c1-c1cnc2c(C(C)O)n(C3CCC(=O)N(C(C)C)C3)nc2n1. The van der Waals surface area contributed by atoms with Gasteiger partial charge in [0.25, 0.3) is 0 Å². The summed E-state index contributed by atoms with van der Waals surface area (Å²) in [6, 6.07) is 1.43. The number of fused-ring (bicyclic) bond motifs is 1. The maximum atomic E-state index is 13.1. The number of aromatic nitrogens is 4. The van der Waals surface area contributed by atoms with Crippen LogP contribution in [-0.2, 0) is 11.0 Å². The molecule has 0 radical (unpaired) electrons. The van der Waals surface area contributed by atoms with Crippen LogP contribution in [0.3, 0.4) is 0 Å². The number of nitrogens with zero attached hydrogens (tertiary/aromatic N) is 5. The Morgan fingerprint density at radius 1 is 1.21 bits per heavy atom. The predicted molar refractivity (Wildman–Crippen MR) is 118 cm³/mol. The van der Waals surface area contributed by atoms with Crippen molar-refractivity contribution >= 4 is 17.1 Å². The van der Waals surface area contributed by atoms with E-state index in [1.165, 1.54) is 13.1 Å². The van der Waals surface area contributed by atoms with Gasteiger partial charge in [-0.2, -0.15) is 13.2 Å². The molecule has 2 N–H and O–H groups in total. The van der Waals surface area contributed by atoms with Crippen LogP contribution in [0.15, 0.2) is 18.3 Å².